The van der Waals surface area contributed by atoms with Crippen molar-refractivity contribution < 1.29 is 13.2 Å². The van der Waals surface area contributed by atoms with Gasteiger partial charge in [0.15, 0.2) is 10.9 Å². The molecule has 0 unspecified atom stereocenters. The van der Waals surface area contributed by atoms with Crippen LogP contribution in [0.5, 0.6) is 0 Å². The van der Waals surface area contributed by atoms with Gasteiger partial charge in [0.25, 0.3) is 0 Å². The lowest BCUT2D eigenvalue weighted by molar-refractivity contribution is 0.101. The van der Waals surface area contributed by atoms with Crippen molar-refractivity contribution in [3.8, 4) is 0 Å². The molecule has 1 aromatic heterocycles. The van der Waals surface area contributed by atoms with Gasteiger partial charge in [0, 0.05) is 18.7 Å². The number of aromatic nitrogens is 1. The number of anilines is 1. The number of hydrogen-bond donors (Lipinski definition) is 1. The van der Waals surface area contributed by atoms with E-state index in [1.165, 1.54) is 17.4 Å². The molecule has 152 valence electrons. The van der Waals surface area contributed by atoms with Crippen molar-refractivity contribution in [3.05, 3.63) is 54.1 Å². The van der Waals surface area contributed by atoms with Crippen molar-refractivity contribution in [1.29, 1.82) is 0 Å². The zero-order valence-corrected chi connectivity index (χ0v) is 17.6. The minimum Gasteiger partial charge on any atom is -0.354 e. The highest BCUT2D eigenvalue weighted by Gasteiger charge is 2.25. The van der Waals surface area contributed by atoms with E-state index in [2.05, 4.69) is 10.3 Å². The fourth-order valence-corrected chi connectivity index (χ4v) is 5.89. The maximum atomic E-state index is 13.0. The van der Waals surface area contributed by atoms with Gasteiger partial charge in [0.2, 0.25) is 10.0 Å². The molecule has 0 amide bonds. The van der Waals surface area contributed by atoms with Crippen LogP contribution in [0.3, 0.4) is 0 Å². The Labute approximate surface area is 174 Å². The van der Waals surface area contributed by atoms with Crippen LogP contribution in [0.4, 0.5) is 5.13 Å². The number of nitrogens with one attached hydrogen (secondary N) is 1. The SMILES string of the molecule is O=C(CNc1nc2ccccc2s1)c1cccc(S(=O)(=O)N2CCCCCC2)c1. The highest BCUT2D eigenvalue weighted by atomic mass is 32.2. The normalized spacial score (nSPS) is 15.9. The third kappa shape index (κ3) is 4.49. The number of carbonyl (C=O) groups is 1. The molecule has 6 nitrogen and oxygen atoms in total. The highest BCUT2D eigenvalue weighted by Crippen LogP contribution is 2.25. The summed E-state index contributed by atoms with van der Waals surface area (Å²) in [4.78, 5) is 17.3. The van der Waals surface area contributed by atoms with Gasteiger partial charge in [0.05, 0.1) is 21.7 Å². The molecule has 0 saturated carbocycles. The summed E-state index contributed by atoms with van der Waals surface area (Å²) >= 11 is 1.49. The molecule has 0 radical (unpaired) electrons. The van der Waals surface area contributed by atoms with Crippen LogP contribution in [0, 0.1) is 0 Å². The molecule has 29 heavy (non-hydrogen) atoms. The van der Waals surface area contributed by atoms with E-state index in [4.69, 9.17) is 0 Å². The predicted octanol–water partition coefficient (Wildman–Crippen LogP) is 4.16. The Morgan fingerprint density at radius 2 is 1.79 bits per heavy atom. The Hall–Kier alpha value is -2.29. The predicted molar refractivity (Wildman–Crippen MR) is 116 cm³/mol. The smallest absolute Gasteiger partial charge is 0.243 e. The van der Waals surface area contributed by atoms with Gasteiger partial charge in [-0.1, -0.05) is 48.4 Å². The van der Waals surface area contributed by atoms with Crippen molar-refractivity contribution in [1.82, 2.24) is 9.29 Å². The third-order valence-electron chi connectivity index (χ3n) is 5.05. The van der Waals surface area contributed by atoms with Crippen LogP contribution in [0.25, 0.3) is 10.2 Å². The Kier molecular flexibility index (Phi) is 5.94. The highest BCUT2D eigenvalue weighted by molar-refractivity contribution is 7.89. The molecular weight excluding hydrogens is 406 g/mol. The topological polar surface area (TPSA) is 79.4 Å². The number of sulfonamides is 1. The number of fused-ring (bicyclic) bond motifs is 1. The second-order valence-corrected chi connectivity index (χ2v) is 10.1. The second kappa shape index (κ2) is 8.61. The zero-order valence-electron chi connectivity index (χ0n) is 16.0. The Morgan fingerprint density at radius 1 is 1.03 bits per heavy atom. The van der Waals surface area contributed by atoms with Crippen molar-refractivity contribution in [2.45, 2.75) is 30.6 Å². The summed E-state index contributed by atoms with van der Waals surface area (Å²) in [7, 11) is -3.58. The molecule has 1 saturated heterocycles. The largest absolute Gasteiger partial charge is 0.354 e. The van der Waals surface area contributed by atoms with E-state index in [0.29, 0.717) is 23.8 Å². The van der Waals surface area contributed by atoms with Gasteiger partial charge in [-0.3, -0.25) is 4.79 Å². The van der Waals surface area contributed by atoms with Gasteiger partial charge < -0.3 is 5.32 Å². The van der Waals surface area contributed by atoms with Crippen molar-refractivity contribution in [2.75, 3.05) is 25.0 Å². The minimum atomic E-state index is -3.58. The molecule has 1 fully saturated rings. The van der Waals surface area contributed by atoms with Crippen LogP contribution >= 0.6 is 11.3 Å². The number of rotatable bonds is 6. The van der Waals surface area contributed by atoms with E-state index < -0.39 is 10.0 Å². The van der Waals surface area contributed by atoms with E-state index >= 15 is 0 Å². The lowest BCUT2D eigenvalue weighted by Crippen LogP contribution is -2.32. The fourth-order valence-electron chi connectivity index (χ4n) is 3.47. The van der Waals surface area contributed by atoms with Gasteiger partial charge in [-0.2, -0.15) is 4.31 Å². The standard InChI is InChI=1S/C21H23N3O3S2/c25-19(15-22-21-23-18-10-3-4-11-20(18)28-21)16-8-7-9-17(14-16)29(26,27)24-12-5-1-2-6-13-24/h3-4,7-11,14H,1-2,5-6,12-13,15H2,(H,22,23). The van der Waals surface area contributed by atoms with Gasteiger partial charge in [0.1, 0.15) is 0 Å². The summed E-state index contributed by atoms with van der Waals surface area (Å²) < 4.78 is 28.6. The first kappa shape index (κ1) is 20.0. The van der Waals surface area contributed by atoms with E-state index in [1.54, 1.807) is 22.5 Å². The van der Waals surface area contributed by atoms with Crippen LogP contribution in [-0.2, 0) is 10.0 Å². The fraction of sp³-hybridized carbons (Fsp3) is 0.333. The first-order valence-electron chi connectivity index (χ1n) is 9.77. The monoisotopic (exact) mass is 429 g/mol. The number of benzene rings is 2. The number of Topliss-reactive ketones (excluding diaryl/α,β-unsaturated/α-hetero) is 1. The van der Waals surface area contributed by atoms with Crippen LogP contribution in [-0.4, -0.2) is 43.1 Å². The molecule has 2 heterocycles. The van der Waals surface area contributed by atoms with E-state index in [0.717, 1.165) is 35.9 Å². The van der Waals surface area contributed by atoms with Gasteiger partial charge in [-0.05, 0) is 37.1 Å². The van der Waals surface area contributed by atoms with Gasteiger partial charge in [-0.25, -0.2) is 13.4 Å². The molecule has 1 aliphatic rings. The Morgan fingerprint density at radius 3 is 2.55 bits per heavy atom. The summed E-state index contributed by atoms with van der Waals surface area (Å²) in [5.41, 5.74) is 1.27. The third-order valence-corrected chi connectivity index (χ3v) is 7.94. The van der Waals surface area contributed by atoms with Crippen LogP contribution in [0.2, 0.25) is 0 Å². The molecule has 0 spiro atoms. The second-order valence-electron chi connectivity index (χ2n) is 7.11. The molecule has 8 heteroatoms. The molecule has 4 rings (SSSR count). The van der Waals surface area contributed by atoms with Crippen molar-refractivity contribution >= 4 is 42.5 Å². The number of thiazole rings is 1. The lowest BCUT2D eigenvalue weighted by atomic mass is 10.1. The number of carbonyl (C=O) groups excluding carboxylic acids is 1. The number of nitrogens with zero attached hydrogens (tertiary/aromatic N) is 2. The molecule has 1 N–H and O–H groups in total. The summed E-state index contributed by atoms with van der Waals surface area (Å²) in [5, 5.41) is 3.73. The molecule has 0 atom stereocenters. The maximum absolute atomic E-state index is 13.0. The molecule has 2 aromatic carbocycles. The molecular formula is C21H23N3O3S2. The number of ketones is 1. The molecule has 0 bridgehead atoms. The number of hydrogen-bond acceptors (Lipinski definition) is 6. The first-order valence-corrected chi connectivity index (χ1v) is 12.0. The average Bonchev–Trinajstić information content (AvgIpc) is 2.94. The molecule has 0 aliphatic carbocycles. The lowest BCUT2D eigenvalue weighted by Gasteiger charge is -2.20. The van der Waals surface area contributed by atoms with Crippen LogP contribution < -0.4 is 5.32 Å². The Balaban J connectivity index is 1.47. The summed E-state index contributed by atoms with van der Waals surface area (Å²) in [6.45, 7) is 1.15. The van der Waals surface area contributed by atoms with E-state index in [9.17, 15) is 13.2 Å². The van der Waals surface area contributed by atoms with Crippen molar-refractivity contribution in [3.63, 3.8) is 0 Å². The van der Waals surface area contributed by atoms with E-state index in [1.807, 2.05) is 24.3 Å². The number of para-hydroxylation sites is 1. The quantitative estimate of drug-likeness (QED) is 0.595. The van der Waals surface area contributed by atoms with Crippen LogP contribution in [0.15, 0.2) is 53.4 Å². The maximum Gasteiger partial charge on any atom is 0.243 e. The summed E-state index contributed by atoms with van der Waals surface area (Å²) in [6, 6.07) is 14.1. The zero-order chi connectivity index (χ0) is 20.3. The van der Waals surface area contributed by atoms with E-state index in [-0.39, 0.29) is 17.2 Å². The Bertz CT molecular complexity index is 1080. The van der Waals surface area contributed by atoms with Gasteiger partial charge >= 0.3 is 0 Å². The van der Waals surface area contributed by atoms with Gasteiger partial charge in [-0.15, -0.1) is 0 Å². The first-order chi connectivity index (χ1) is 14.0. The molecule has 3 aromatic rings. The van der Waals surface area contributed by atoms with Crippen molar-refractivity contribution in [2.24, 2.45) is 0 Å². The summed E-state index contributed by atoms with van der Waals surface area (Å²) in [6.07, 6.45) is 3.87. The summed E-state index contributed by atoms with van der Waals surface area (Å²) in [5.74, 6) is -0.169. The molecule has 1 aliphatic heterocycles. The minimum absolute atomic E-state index is 0.0625. The van der Waals surface area contributed by atoms with Crippen LogP contribution in [0.1, 0.15) is 36.0 Å². The average molecular weight is 430 g/mol.